The van der Waals surface area contributed by atoms with Gasteiger partial charge in [0.2, 0.25) is 0 Å². The highest BCUT2D eigenvalue weighted by Gasteiger charge is 2.41. The SMILES string of the molecule is CCOC(=O)C1CC(c2cccs2)=C2c3cc(CC(C)C)c(OC)cc3CCN21. The molecule has 0 bridgehead atoms. The van der Waals surface area contributed by atoms with E-state index in [9.17, 15) is 4.79 Å². The molecule has 0 saturated heterocycles. The van der Waals surface area contributed by atoms with E-state index < -0.39 is 0 Å². The Morgan fingerprint density at radius 1 is 1.34 bits per heavy atom. The standard InChI is InChI=1S/C24H29NO3S/c1-5-28-24(26)20-14-19(22-7-6-10-29-22)23-18-12-17(11-15(2)3)21(27-4)13-16(18)8-9-25(20)23/h6-7,10,12-13,15,20H,5,8-9,11,14H2,1-4H3. The first kappa shape index (κ1) is 20.0. The molecule has 0 fully saturated rings. The average Bonchev–Trinajstić information content (AvgIpc) is 3.35. The number of fused-ring (bicyclic) bond motifs is 3. The zero-order chi connectivity index (χ0) is 20.5. The number of carbonyl (C=O) groups excluding carboxylic acids is 1. The predicted molar refractivity (Wildman–Crippen MR) is 118 cm³/mol. The summed E-state index contributed by atoms with van der Waals surface area (Å²) >= 11 is 1.74. The Balaban J connectivity index is 1.85. The van der Waals surface area contributed by atoms with Gasteiger partial charge >= 0.3 is 5.97 Å². The highest BCUT2D eigenvalue weighted by molar-refractivity contribution is 7.11. The van der Waals surface area contributed by atoms with Crippen LogP contribution >= 0.6 is 11.3 Å². The van der Waals surface area contributed by atoms with Gasteiger partial charge < -0.3 is 14.4 Å². The molecule has 0 saturated carbocycles. The first-order chi connectivity index (χ1) is 14.0. The van der Waals surface area contributed by atoms with Crippen LogP contribution in [-0.2, 0) is 22.4 Å². The average molecular weight is 412 g/mol. The van der Waals surface area contributed by atoms with Crippen LogP contribution in [-0.4, -0.2) is 37.2 Å². The van der Waals surface area contributed by atoms with Gasteiger partial charge in [-0.15, -0.1) is 11.3 Å². The Morgan fingerprint density at radius 3 is 2.83 bits per heavy atom. The second-order valence-electron chi connectivity index (χ2n) is 8.14. The Bertz CT molecular complexity index is 930. The molecule has 0 amide bonds. The van der Waals surface area contributed by atoms with E-state index in [2.05, 4.69) is 48.4 Å². The smallest absolute Gasteiger partial charge is 0.329 e. The van der Waals surface area contributed by atoms with Gasteiger partial charge in [0, 0.05) is 29.1 Å². The molecule has 2 aliphatic rings. The van der Waals surface area contributed by atoms with Gasteiger partial charge in [0.05, 0.1) is 13.7 Å². The van der Waals surface area contributed by atoms with Crippen molar-refractivity contribution in [3.05, 3.63) is 51.2 Å². The molecule has 5 heteroatoms. The minimum atomic E-state index is -0.231. The quantitative estimate of drug-likeness (QED) is 0.626. The van der Waals surface area contributed by atoms with Gasteiger partial charge in [-0.05, 0) is 66.0 Å². The number of nitrogens with zero attached hydrogens (tertiary/aromatic N) is 1. The van der Waals surface area contributed by atoms with E-state index in [1.165, 1.54) is 32.8 Å². The number of esters is 1. The van der Waals surface area contributed by atoms with E-state index in [4.69, 9.17) is 9.47 Å². The number of hydrogen-bond donors (Lipinski definition) is 0. The lowest BCUT2D eigenvalue weighted by atomic mass is 9.90. The topological polar surface area (TPSA) is 38.8 Å². The van der Waals surface area contributed by atoms with Gasteiger partial charge in [-0.1, -0.05) is 19.9 Å². The number of methoxy groups -OCH3 is 1. The van der Waals surface area contributed by atoms with Crippen LogP contribution in [0.25, 0.3) is 11.3 Å². The molecule has 0 radical (unpaired) electrons. The number of hydrogen-bond acceptors (Lipinski definition) is 5. The molecule has 1 unspecified atom stereocenters. The van der Waals surface area contributed by atoms with Crippen LogP contribution in [0.15, 0.2) is 29.6 Å². The molecule has 29 heavy (non-hydrogen) atoms. The van der Waals surface area contributed by atoms with Crippen molar-refractivity contribution in [2.45, 2.75) is 46.1 Å². The first-order valence-corrected chi connectivity index (χ1v) is 11.3. The molecule has 3 heterocycles. The first-order valence-electron chi connectivity index (χ1n) is 10.4. The summed E-state index contributed by atoms with van der Waals surface area (Å²) in [6, 6.07) is 8.52. The van der Waals surface area contributed by atoms with E-state index in [0.717, 1.165) is 25.1 Å². The van der Waals surface area contributed by atoms with Crippen LogP contribution in [0.3, 0.4) is 0 Å². The van der Waals surface area contributed by atoms with Gasteiger partial charge in [-0.2, -0.15) is 0 Å². The summed E-state index contributed by atoms with van der Waals surface area (Å²) in [7, 11) is 1.75. The van der Waals surface area contributed by atoms with Crippen LogP contribution in [0.4, 0.5) is 0 Å². The Morgan fingerprint density at radius 2 is 2.17 bits per heavy atom. The van der Waals surface area contributed by atoms with Crippen molar-refractivity contribution >= 4 is 28.6 Å². The van der Waals surface area contributed by atoms with Crippen molar-refractivity contribution in [3.63, 3.8) is 0 Å². The van der Waals surface area contributed by atoms with Crippen LogP contribution in [0.1, 0.15) is 48.8 Å². The summed E-state index contributed by atoms with van der Waals surface area (Å²) in [6.07, 6.45) is 2.59. The van der Waals surface area contributed by atoms with Gasteiger partial charge in [-0.3, -0.25) is 0 Å². The third-order valence-electron chi connectivity index (χ3n) is 5.74. The summed E-state index contributed by atoms with van der Waals surface area (Å²) in [5.74, 6) is 1.41. The fourth-order valence-electron chi connectivity index (χ4n) is 4.56. The second kappa shape index (κ2) is 8.23. The highest BCUT2D eigenvalue weighted by Crippen LogP contribution is 2.47. The summed E-state index contributed by atoms with van der Waals surface area (Å²) in [5.41, 5.74) is 6.27. The molecule has 2 aromatic rings. The Labute approximate surface area is 177 Å². The second-order valence-corrected chi connectivity index (χ2v) is 9.09. The fourth-order valence-corrected chi connectivity index (χ4v) is 5.34. The molecule has 0 aliphatic carbocycles. The molecule has 0 spiro atoms. The zero-order valence-corrected chi connectivity index (χ0v) is 18.5. The van der Waals surface area contributed by atoms with Crippen molar-refractivity contribution in [1.29, 1.82) is 0 Å². The lowest BCUT2D eigenvalue weighted by Crippen LogP contribution is -2.40. The fraction of sp³-hybridized carbons (Fsp3) is 0.458. The third-order valence-corrected chi connectivity index (χ3v) is 6.67. The van der Waals surface area contributed by atoms with Crippen molar-refractivity contribution in [2.75, 3.05) is 20.3 Å². The largest absolute Gasteiger partial charge is 0.496 e. The molecule has 4 nitrogen and oxygen atoms in total. The number of carbonyl (C=O) groups is 1. The molecule has 1 aromatic heterocycles. The lowest BCUT2D eigenvalue weighted by Gasteiger charge is -2.34. The maximum absolute atomic E-state index is 12.7. The monoisotopic (exact) mass is 411 g/mol. The predicted octanol–water partition coefficient (Wildman–Crippen LogP) is 5.02. The molecule has 154 valence electrons. The van der Waals surface area contributed by atoms with Gasteiger partial charge in [-0.25, -0.2) is 4.79 Å². The lowest BCUT2D eigenvalue weighted by molar-refractivity contribution is -0.147. The third kappa shape index (κ3) is 3.68. The summed E-state index contributed by atoms with van der Waals surface area (Å²) in [5, 5.41) is 2.10. The van der Waals surface area contributed by atoms with E-state index >= 15 is 0 Å². The van der Waals surface area contributed by atoms with E-state index in [-0.39, 0.29) is 12.0 Å². The van der Waals surface area contributed by atoms with Crippen LogP contribution in [0, 0.1) is 5.92 Å². The minimum Gasteiger partial charge on any atom is -0.496 e. The van der Waals surface area contributed by atoms with Crippen molar-refractivity contribution in [3.8, 4) is 5.75 Å². The molecular weight excluding hydrogens is 382 g/mol. The van der Waals surface area contributed by atoms with Gasteiger partial charge in [0.15, 0.2) is 0 Å². The van der Waals surface area contributed by atoms with Crippen molar-refractivity contribution in [1.82, 2.24) is 4.90 Å². The Hall–Kier alpha value is -2.27. The van der Waals surface area contributed by atoms with Crippen LogP contribution in [0.2, 0.25) is 0 Å². The van der Waals surface area contributed by atoms with Crippen LogP contribution < -0.4 is 4.74 Å². The number of benzene rings is 1. The van der Waals surface area contributed by atoms with Gasteiger partial charge in [0.1, 0.15) is 11.8 Å². The minimum absolute atomic E-state index is 0.115. The number of rotatable bonds is 6. The molecule has 1 aromatic carbocycles. The summed E-state index contributed by atoms with van der Waals surface area (Å²) < 4.78 is 11.1. The molecule has 2 aliphatic heterocycles. The van der Waals surface area contributed by atoms with Crippen molar-refractivity contribution in [2.24, 2.45) is 5.92 Å². The van der Waals surface area contributed by atoms with Crippen LogP contribution in [0.5, 0.6) is 5.75 Å². The normalized spacial score (nSPS) is 18.1. The van der Waals surface area contributed by atoms with E-state index in [0.29, 0.717) is 18.9 Å². The molecule has 4 rings (SSSR count). The molecule has 0 N–H and O–H groups in total. The zero-order valence-electron chi connectivity index (χ0n) is 17.7. The van der Waals surface area contributed by atoms with Crippen molar-refractivity contribution < 1.29 is 14.3 Å². The van der Waals surface area contributed by atoms with E-state index in [1.54, 1.807) is 18.4 Å². The summed E-state index contributed by atoms with van der Waals surface area (Å²) in [4.78, 5) is 16.3. The van der Waals surface area contributed by atoms with Gasteiger partial charge in [0.25, 0.3) is 0 Å². The Kier molecular flexibility index (Phi) is 5.68. The number of ether oxygens (including phenoxy) is 2. The highest BCUT2D eigenvalue weighted by atomic mass is 32.1. The molecular formula is C24H29NO3S. The maximum atomic E-state index is 12.7. The molecule has 1 atom stereocenters. The summed E-state index contributed by atoms with van der Waals surface area (Å²) in [6.45, 7) is 7.58. The maximum Gasteiger partial charge on any atom is 0.329 e. The number of thiophene rings is 1. The van der Waals surface area contributed by atoms with E-state index in [1.807, 2.05) is 6.92 Å².